The van der Waals surface area contributed by atoms with Crippen LogP contribution in [0.5, 0.6) is 0 Å². The predicted octanol–water partition coefficient (Wildman–Crippen LogP) is 4.82. The van der Waals surface area contributed by atoms with Gasteiger partial charge in [-0.2, -0.15) is 0 Å². The van der Waals surface area contributed by atoms with Crippen molar-refractivity contribution in [2.45, 2.75) is 31.2 Å². The van der Waals surface area contributed by atoms with Gasteiger partial charge in [0, 0.05) is 17.1 Å². The number of thioether (sulfide) groups is 1. The molecular weight excluding hydrogens is 309 g/mol. The maximum Gasteiger partial charge on any atom is 0.221 e. The quantitative estimate of drug-likeness (QED) is 0.737. The Morgan fingerprint density at radius 2 is 1.74 bits per heavy atom. The molecule has 1 atom stereocenters. The second-order valence-electron chi connectivity index (χ2n) is 5.75. The van der Waals surface area contributed by atoms with Crippen molar-refractivity contribution in [3.05, 3.63) is 66.0 Å². The molecule has 0 saturated carbocycles. The number of nitrogens with one attached hydrogen (secondary N) is 1. The van der Waals surface area contributed by atoms with Crippen molar-refractivity contribution in [3.8, 4) is 0 Å². The molecule has 0 aliphatic carbocycles. The lowest BCUT2D eigenvalue weighted by Crippen LogP contribution is -2.31. The average Bonchev–Trinajstić information content (AvgIpc) is 2.55. The first kappa shape index (κ1) is 17.5. The number of hydrogen-bond donors (Lipinski definition) is 1. The summed E-state index contributed by atoms with van der Waals surface area (Å²) in [6.45, 7) is 4.20. The van der Waals surface area contributed by atoms with Gasteiger partial charge >= 0.3 is 0 Å². The second kappa shape index (κ2) is 8.73. The predicted molar refractivity (Wildman–Crippen MR) is 93.9 cm³/mol. The molecule has 0 aliphatic heterocycles. The number of hydrogen-bond acceptors (Lipinski definition) is 2. The SMILES string of the molecule is CC(C)C(NC(=O)CCSc1ccc(F)cc1)c1ccccc1. The largest absolute Gasteiger partial charge is 0.349 e. The molecule has 122 valence electrons. The van der Waals surface area contributed by atoms with Gasteiger partial charge < -0.3 is 5.32 Å². The molecule has 2 aromatic carbocycles. The Morgan fingerprint density at radius 1 is 1.09 bits per heavy atom. The van der Waals surface area contributed by atoms with Gasteiger partial charge in [-0.05, 0) is 35.7 Å². The van der Waals surface area contributed by atoms with E-state index < -0.39 is 0 Å². The average molecular weight is 331 g/mol. The molecule has 23 heavy (non-hydrogen) atoms. The molecule has 0 aliphatic rings. The van der Waals surface area contributed by atoms with Crippen LogP contribution in [0.4, 0.5) is 4.39 Å². The van der Waals surface area contributed by atoms with E-state index in [1.165, 1.54) is 12.1 Å². The van der Waals surface area contributed by atoms with Crippen molar-refractivity contribution in [2.75, 3.05) is 5.75 Å². The summed E-state index contributed by atoms with van der Waals surface area (Å²) in [6, 6.07) is 16.4. The van der Waals surface area contributed by atoms with Gasteiger partial charge in [0.05, 0.1) is 6.04 Å². The molecule has 0 bridgehead atoms. The van der Waals surface area contributed by atoms with Crippen LogP contribution in [0.2, 0.25) is 0 Å². The van der Waals surface area contributed by atoms with E-state index in [-0.39, 0.29) is 17.8 Å². The van der Waals surface area contributed by atoms with E-state index >= 15 is 0 Å². The normalized spacial score (nSPS) is 12.2. The zero-order chi connectivity index (χ0) is 16.7. The van der Waals surface area contributed by atoms with E-state index in [2.05, 4.69) is 19.2 Å². The van der Waals surface area contributed by atoms with E-state index in [9.17, 15) is 9.18 Å². The van der Waals surface area contributed by atoms with Gasteiger partial charge in [0.15, 0.2) is 0 Å². The summed E-state index contributed by atoms with van der Waals surface area (Å²) in [5, 5.41) is 3.12. The van der Waals surface area contributed by atoms with Crippen molar-refractivity contribution in [2.24, 2.45) is 5.92 Å². The van der Waals surface area contributed by atoms with Gasteiger partial charge in [-0.1, -0.05) is 44.2 Å². The van der Waals surface area contributed by atoms with Gasteiger partial charge in [0.1, 0.15) is 5.82 Å². The molecule has 4 heteroatoms. The molecule has 0 fully saturated rings. The Morgan fingerprint density at radius 3 is 2.35 bits per heavy atom. The minimum absolute atomic E-state index is 0.0273. The van der Waals surface area contributed by atoms with Gasteiger partial charge in [-0.25, -0.2) is 4.39 Å². The molecule has 0 radical (unpaired) electrons. The van der Waals surface area contributed by atoms with E-state index in [1.54, 1.807) is 23.9 Å². The third kappa shape index (κ3) is 5.71. The molecule has 0 heterocycles. The smallest absolute Gasteiger partial charge is 0.221 e. The van der Waals surface area contributed by atoms with Gasteiger partial charge in [-0.3, -0.25) is 4.79 Å². The van der Waals surface area contributed by atoms with Crippen LogP contribution in [0, 0.1) is 11.7 Å². The lowest BCUT2D eigenvalue weighted by atomic mass is 9.96. The monoisotopic (exact) mass is 331 g/mol. The zero-order valence-electron chi connectivity index (χ0n) is 13.5. The third-order valence-electron chi connectivity index (χ3n) is 3.55. The first-order chi connectivity index (χ1) is 11.1. The highest BCUT2D eigenvalue weighted by Gasteiger charge is 2.17. The summed E-state index contributed by atoms with van der Waals surface area (Å²) in [5.74, 6) is 0.805. The van der Waals surface area contributed by atoms with Crippen LogP contribution in [-0.4, -0.2) is 11.7 Å². The Labute approximate surface area is 141 Å². The molecule has 0 aromatic heterocycles. The van der Waals surface area contributed by atoms with Gasteiger partial charge in [0.2, 0.25) is 5.91 Å². The van der Waals surface area contributed by atoms with Crippen molar-refractivity contribution in [1.29, 1.82) is 0 Å². The van der Waals surface area contributed by atoms with Crippen LogP contribution in [-0.2, 0) is 4.79 Å². The first-order valence-electron chi connectivity index (χ1n) is 7.79. The number of carbonyl (C=O) groups excluding carboxylic acids is 1. The summed E-state index contributed by atoms with van der Waals surface area (Å²) in [4.78, 5) is 13.2. The zero-order valence-corrected chi connectivity index (χ0v) is 14.3. The fourth-order valence-electron chi connectivity index (χ4n) is 2.33. The molecule has 0 saturated heterocycles. The molecule has 2 aromatic rings. The van der Waals surface area contributed by atoms with Crippen LogP contribution >= 0.6 is 11.8 Å². The van der Waals surface area contributed by atoms with Crippen molar-refractivity contribution in [3.63, 3.8) is 0 Å². The molecule has 1 N–H and O–H groups in total. The van der Waals surface area contributed by atoms with Crippen molar-refractivity contribution >= 4 is 17.7 Å². The standard InChI is InChI=1S/C19H22FNOS/c1-14(2)19(15-6-4-3-5-7-15)21-18(22)12-13-23-17-10-8-16(20)9-11-17/h3-11,14,19H,12-13H2,1-2H3,(H,21,22). The van der Waals surface area contributed by atoms with Crippen molar-refractivity contribution in [1.82, 2.24) is 5.32 Å². The van der Waals surface area contributed by atoms with Crippen molar-refractivity contribution < 1.29 is 9.18 Å². The summed E-state index contributed by atoms with van der Waals surface area (Å²) in [7, 11) is 0. The fraction of sp³-hybridized carbons (Fsp3) is 0.316. The number of carbonyl (C=O) groups is 1. The maximum absolute atomic E-state index is 12.8. The second-order valence-corrected chi connectivity index (χ2v) is 6.92. The minimum atomic E-state index is -0.241. The number of rotatable bonds is 7. The Hall–Kier alpha value is -1.81. The van der Waals surface area contributed by atoms with E-state index in [4.69, 9.17) is 0 Å². The molecule has 2 nitrogen and oxygen atoms in total. The van der Waals surface area contributed by atoms with Gasteiger partial charge in [0.25, 0.3) is 0 Å². The highest BCUT2D eigenvalue weighted by Crippen LogP contribution is 2.22. The lowest BCUT2D eigenvalue weighted by Gasteiger charge is -2.23. The lowest BCUT2D eigenvalue weighted by molar-refractivity contribution is -0.121. The Balaban J connectivity index is 1.84. The van der Waals surface area contributed by atoms with Crippen LogP contribution in [0.15, 0.2) is 59.5 Å². The van der Waals surface area contributed by atoms with Crippen LogP contribution < -0.4 is 5.32 Å². The fourth-order valence-corrected chi connectivity index (χ4v) is 3.18. The molecule has 2 rings (SSSR count). The molecule has 1 amide bonds. The topological polar surface area (TPSA) is 29.1 Å². The number of amides is 1. The van der Waals surface area contributed by atoms with Gasteiger partial charge in [-0.15, -0.1) is 11.8 Å². The highest BCUT2D eigenvalue weighted by atomic mass is 32.2. The number of benzene rings is 2. The minimum Gasteiger partial charge on any atom is -0.349 e. The summed E-state index contributed by atoms with van der Waals surface area (Å²) in [6.07, 6.45) is 0.443. The van der Waals surface area contributed by atoms with Crippen LogP contribution in [0.1, 0.15) is 31.9 Å². The molecular formula is C19H22FNOS. The Kier molecular flexibility index (Phi) is 6.66. The maximum atomic E-state index is 12.8. The van der Waals surface area contributed by atoms with Crippen LogP contribution in [0.3, 0.4) is 0 Å². The van der Waals surface area contributed by atoms with Crippen LogP contribution in [0.25, 0.3) is 0 Å². The first-order valence-corrected chi connectivity index (χ1v) is 8.77. The highest BCUT2D eigenvalue weighted by molar-refractivity contribution is 7.99. The van der Waals surface area contributed by atoms with E-state index in [0.717, 1.165) is 10.5 Å². The summed E-state index contributed by atoms with van der Waals surface area (Å²) >= 11 is 1.56. The summed E-state index contributed by atoms with van der Waals surface area (Å²) in [5.41, 5.74) is 1.13. The summed E-state index contributed by atoms with van der Waals surface area (Å²) < 4.78 is 12.8. The molecule has 0 spiro atoms. The number of halogens is 1. The third-order valence-corrected chi connectivity index (χ3v) is 4.57. The van der Waals surface area contributed by atoms with E-state index in [0.29, 0.717) is 18.1 Å². The molecule has 1 unspecified atom stereocenters. The van der Waals surface area contributed by atoms with E-state index in [1.807, 2.05) is 30.3 Å². The Bertz CT molecular complexity index is 613.